The Balaban J connectivity index is 1.72. The SMILES string of the molecule is CCCCCCCc1cc2c3c(nc4ccccc42)C(=O)c2cccnc2-c3n1. The number of hydrogen-bond donors (Lipinski definition) is 0. The third-order valence-corrected chi connectivity index (χ3v) is 5.76. The third kappa shape index (κ3) is 3.00. The summed E-state index contributed by atoms with van der Waals surface area (Å²) >= 11 is 0. The van der Waals surface area contributed by atoms with Crippen molar-refractivity contribution in [2.45, 2.75) is 45.4 Å². The van der Waals surface area contributed by atoms with Gasteiger partial charge in [-0.15, -0.1) is 0 Å². The predicted octanol–water partition coefficient (Wildman–Crippen LogP) is 5.90. The number of rotatable bonds is 6. The van der Waals surface area contributed by atoms with E-state index in [-0.39, 0.29) is 5.78 Å². The second-order valence-corrected chi connectivity index (χ2v) is 7.76. The first-order chi connectivity index (χ1) is 14.3. The summed E-state index contributed by atoms with van der Waals surface area (Å²) in [5, 5.41) is 2.97. The number of aryl methyl sites for hydroxylation is 1. The van der Waals surface area contributed by atoms with Gasteiger partial charge in [-0.3, -0.25) is 14.8 Å². The van der Waals surface area contributed by atoms with Crippen LogP contribution in [-0.2, 0) is 6.42 Å². The molecule has 0 atom stereocenters. The van der Waals surface area contributed by atoms with E-state index in [1.54, 1.807) is 12.3 Å². The van der Waals surface area contributed by atoms with Crippen LogP contribution in [0.3, 0.4) is 0 Å². The highest BCUT2D eigenvalue weighted by Gasteiger charge is 2.29. The van der Waals surface area contributed by atoms with Gasteiger partial charge in [-0.25, -0.2) is 4.98 Å². The molecule has 0 saturated carbocycles. The minimum atomic E-state index is -0.0644. The quantitative estimate of drug-likeness (QED) is 0.271. The van der Waals surface area contributed by atoms with Crippen LogP contribution in [-0.4, -0.2) is 20.7 Å². The van der Waals surface area contributed by atoms with Crippen molar-refractivity contribution in [1.82, 2.24) is 15.0 Å². The fourth-order valence-corrected chi connectivity index (χ4v) is 4.30. The molecule has 4 nitrogen and oxygen atoms in total. The number of pyridine rings is 3. The number of ketones is 1. The lowest BCUT2D eigenvalue weighted by Crippen LogP contribution is -2.15. The van der Waals surface area contributed by atoms with E-state index in [1.807, 2.05) is 24.3 Å². The average molecular weight is 381 g/mol. The maximum atomic E-state index is 13.2. The van der Waals surface area contributed by atoms with Gasteiger partial charge < -0.3 is 0 Å². The molecule has 3 heterocycles. The molecule has 0 bridgehead atoms. The lowest BCUT2D eigenvalue weighted by atomic mass is 9.90. The van der Waals surface area contributed by atoms with Gasteiger partial charge >= 0.3 is 0 Å². The van der Waals surface area contributed by atoms with E-state index < -0.39 is 0 Å². The number of carbonyl (C=O) groups excluding carboxylic acids is 1. The summed E-state index contributed by atoms with van der Waals surface area (Å²) in [6.45, 7) is 2.23. The summed E-state index contributed by atoms with van der Waals surface area (Å²) in [6.07, 6.45) is 8.82. The van der Waals surface area contributed by atoms with Crippen LogP contribution in [0.25, 0.3) is 33.1 Å². The minimum absolute atomic E-state index is 0.0644. The zero-order chi connectivity index (χ0) is 19.8. The molecule has 144 valence electrons. The topological polar surface area (TPSA) is 55.7 Å². The van der Waals surface area contributed by atoms with Gasteiger partial charge in [0.1, 0.15) is 11.4 Å². The van der Waals surface area contributed by atoms with Crippen LogP contribution in [0.5, 0.6) is 0 Å². The molecule has 0 amide bonds. The Labute approximate surface area is 170 Å². The Morgan fingerprint density at radius 2 is 1.69 bits per heavy atom. The van der Waals surface area contributed by atoms with Gasteiger partial charge in [0.25, 0.3) is 0 Å². The van der Waals surface area contributed by atoms with Crippen LogP contribution in [0.2, 0.25) is 0 Å². The Morgan fingerprint density at radius 1 is 0.828 bits per heavy atom. The van der Waals surface area contributed by atoms with Crippen molar-refractivity contribution in [1.29, 1.82) is 0 Å². The normalized spacial score (nSPS) is 12.5. The number of para-hydroxylation sites is 1. The van der Waals surface area contributed by atoms with Crippen LogP contribution in [0.4, 0.5) is 0 Å². The van der Waals surface area contributed by atoms with Gasteiger partial charge in [0.15, 0.2) is 0 Å². The number of nitrogens with zero attached hydrogens (tertiary/aromatic N) is 3. The molecule has 0 unspecified atom stereocenters. The van der Waals surface area contributed by atoms with Gasteiger partial charge in [0.2, 0.25) is 5.78 Å². The minimum Gasteiger partial charge on any atom is -0.287 e. The van der Waals surface area contributed by atoms with Gasteiger partial charge in [-0.2, -0.15) is 0 Å². The summed E-state index contributed by atoms with van der Waals surface area (Å²) in [4.78, 5) is 27.4. The van der Waals surface area contributed by atoms with Crippen molar-refractivity contribution in [3.05, 3.63) is 65.6 Å². The summed E-state index contributed by atoms with van der Waals surface area (Å²) in [7, 11) is 0. The van der Waals surface area contributed by atoms with Crippen molar-refractivity contribution in [3.8, 4) is 11.4 Å². The number of aromatic nitrogens is 3. The van der Waals surface area contributed by atoms with Crippen molar-refractivity contribution in [2.75, 3.05) is 0 Å². The molecule has 0 radical (unpaired) electrons. The standard InChI is InChI=1S/C25H23N3O/c1-2-3-4-5-6-10-16-15-19-17-11-7-8-13-20(17)28-24-21(19)23(27-16)22-18(25(24)29)12-9-14-26-22/h7-9,11-15H,2-6,10H2,1H3. The first-order valence-corrected chi connectivity index (χ1v) is 10.5. The van der Waals surface area contributed by atoms with Crippen molar-refractivity contribution in [2.24, 2.45) is 0 Å². The van der Waals surface area contributed by atoms with E-state index in [4.69, 9.17) is 9.97 Å². The van der Waals surface area contributed by atoms with Gasteiger partial charge in [0.05, 0.1) is 16.8 Å². The van der Waals surface area contributed by atoms with Gasteiger partial charge in [-0.05, 0) is 42.5 Å². The largest absolute Gasteiger partial charge is 0.287 e. The van der Waals surface area contributed by atoms with Gasteiger partial charge in [0, 0.05) is 22.7 Å². The van der Waals surface area contributed by atoms with Crippen LogP contribution in [0, 0.1) is 0 Å². The highest BCUT2D eigenvalue weighted by molar-refractivity contribution is 6.27. The summed E-state index contributed by atoms with van der Waals surface area (Å²) in [6, 6.07) is 13.8. The molecule has 0 spiro atoms. The molecule has 4 aromatic rings. The fraction of sp³-hybridized carbons (Fsp3) is 0.280. The monoisotopic (exact) mass is 381 g/mol. The summed E-state index contributed by atoms with van der Waals surface area (Å²) in [5.41, 5.74) is 4.49. The Hall–Kier alpha value is -3.14. The Kier molecular flexibility index (Phi) is 4.55. The molecule has 0 N–H and O–H groups in total. The number of hydrogen-bond acceptors (Lipinski definition) is 4. The molecule has 0 aliphatic heterocycles. The molecule has 1 aliphatic rings. The zero-order valence-corrected chi connectivity index (χ0v) is 16.6. The van der Waals surface area contributed by atoms with Crippen LogP contribution < -0.4 is 0 Å². The number of fused-ring (bicyclic) bond motifs is 4. The summed E-state index contributed by atoms with van der Waals surface area (Å²) < 4.78 is 0. The first-order valence-electron chi connectivity index (χ1n) is 10.5. The first kappa shape index (κ1) is 17.9. The van der Waals surface area contributed by atoms with E-state index in [0.717, 1.165) is 45.9 Å². The van der Waals surface area contributed by atoms with E-state index in [1.165, 1.54) is 25.7 Å². The summed E-state index contributed by atoms with van der Waals surface area (Å²) in [5.74, 6) is -0.0644. The van der Waals surface area contributed by atoms with Crippen molar-refractivity contribution in [3.63, 3.8) is 0 Å². The van der Waals surface area contributed by atoms with E-state index in [2.05, 4.69) is 24.0 Å². The van der Waals surface area contributed by atoms with Crippen LogP contribution in [0.1, 0.15) is 60.8 Å². The maximum Gasteiger partial charge on any atom is 0.214 e. The molecule has 29 heavy (non-hydrogen) atoms. The molecule has 0 saturated heterocycles. The number of unbranched alkanes of at least 4 members (excludes halogenated alkanes) is 4. The van der Waals surface area contributed by atoms with E-state index >= 15 is 0 Å². The van der Waals surface area contributed by atoms with E-state index in [9.17, 15) is 4.79 Å². The van der Waals surface area contributed by atoms with Crippen LogP contribution in [0.15, 0.2) is 48.7 Å². The lowest BCUT2D eigenvalue weighted by Gasteiger charge is -2.19. The van der Waals surface area contributed by atoms with E-state index in [0.29, 0.717) is 17.0 Å². The highest BCUT2D eigenvalue weighted by atomic mass is 16.1. The zero-order valence-electron chi connectivity index (χ0n) is 16.6. The Bertz CT molecular complexity index is 1250. The van der Waals surface area contributed by atoms with Crippen LogP contribution >= 0.6 is 0 Å². The molecule has 5 rings (SSSR count). The average Bonchev–Trinajstić information content (AvgIpc) is 2.77. The molecule has 3 aromatic heterocycles. The molecule has 1 aliphatic carbocycles. The number of carbonyl (C=O) groups is 1. The maximum absolute atomic E-state index is 13.2. The number of benzene rings is 1. The molecular formula is C25H23N3O. The third-order valence-electron chi connectivity index (χ3n) is 5.76. The highest BCUT2D eigenvalue weighted by Crippen LogP contribution is 2.39. The van der Waals surface area contributed by atoms with Gasteiger partial charge in [-0.1, -0.05) is 50.8 Å². The van der Waals surface area contributed by atoms with Crippen molar-refractivity contribution >= 4 is 27.5 Å². The molecular weight excluding hydrogens is 358 g/mol. The van der Waals surface area contributed by atoms with Crippen molar-refractivity contribution < 1.29 is 4.79 Å². The smallest absolute Gasteiger partial charge is 0.214 e. The molecule has 4 heteroatoms. The lowest BCUT2D eigenvalue weighted by molar-refractivity contribution is 0.103. The predicted molar refractivity (Wildman–Crippen MR) is 116 cm³/mol. The second kappa shape index (κ2) is 7.36. The molecule has 1 aromatic carbocycles. The molecule has 0 fully saturated rings. The second-order valence-electron chi connectivity index (χ2n) is 7.76. The Morgan fingerprint density at radius 3 is 2.59 bits per heavy atom. The fourth-order valence-electron chi connectivity index (χ4n) is 4.30.